The van der Waals surface area contributed by atoms with Gasteiger partial charge < -0.3 is 15.2 Å². The van der Waals surface area contributed by atoms with Crippen LogP contribution >= 0.6 is 0 Å². The molecule has 1 rings (SSSR count). The Balaban J connectivity index is 2.62. The van der Waals surface area contributed by atoms with Crippen LogP contribution in [0, 0.1) is 5.92 Å². The normalized spacial score (nSPS) is 11.9. The highest BCUT2D eigenvalue weighted by atomic mass is 16.5. The van der Waals surface area contributed by atoms with Gasteiger partial charge in [-0.25, -0.2) is 4.79 Å². The molecule has 0 aromatic heterocycles. The van der Waals surface area contributed by atoms with Gasteiger partial charge in [0.25, 0.3) is 0 Å². The van der Waals surface area contributed by atoms with Crippen LogP contribution in [0.1, 0.15) is 49.9 Å². The second-order valence-electron chi connectivity index (χ2n) is 4.97. The van der Waals surface area contributed by atoms with E-state index in [0.717, 1.165) is 19.3 Å². The summed E-state index contributed by atoms with van der Waals surface area (Å²) in [6, 6.07) is 4.95. The largest absolute Gasteiger partial charge is 0.496 e. The third kappa shape index (κ3) is 4.76. The van der Waals surface area contributed by atoms with Crippen LogP contribution in [0.25, 0.3) is 0 Å². The highest BCUT2D eigenvalue weighted by Gasteiger charge is 2.16. The molecule has 20 heavy (non-hydrogen) atoms. The number of ether oxygens (including phenoxy) is 2. The molecule has 0 aliphatic carbocycles. The van der Waals surface area contributed by atoms with E-state index in [1.807, 2.05) is 0 Å². The monoisotopic (exact) mass is 279 g/mol. The molecule has 1 aromatic rings. The standard InChI is InChI=1S/C16H25NO3/c1-4-6-7-12(5-2)11-20-16(18)14-9-8-13(17)10-15(14)19-3/h8-10,12H,4-7,11,17H2,1-3H3. The molecule has 0 amide bonds. The maximum atomic E-state index is 12.1. The summed E-state index contributed by atoms with van der Waals surface area (Å²) in [6.07, 6.45) is 4.45. The van der Waals surface area contributed by atoms with Crippen LogP contribution in [0.4, 0.5) is 5.69 Å². The van der Waals surface area contributed by atoms with E-state index < -0.39 is 0 Å². The Kier molecular flexibility index (Phi) is 6.91. The van der Waals surface area contributed by atoms with E-state index in [2.05, 4.69) is 13.8 Å². The van der Waals surface area contributed by atoms with Crippen molar-refractivity contribution in [1.82, 2.24) is 0 Å². The number of unbranched alkanes of at least 4 members (excludes halogenated alkanes) is 1. The van der Waals surface area contributed by atoms with Gasteiger partial charge in [0.2, 0.25) is 0 Å². The van der Waals surface area contributed by atoms with Crippen molar-refractivity contribution < 1.29 is 14.3 Å². The van der Waals surface area contributed by atoms with Gasteiger partial charge in [-0.2, -0.15) is 0 Å². The molecular weight excluding hydrogens is 254 g/mol. The second kappa shape index (κ2) is 8.46. The van der Waals surface area contributed by atoms with Crippen LogP contribution in [0.15, 0.2) is 18.2 Å². The number of nitrogens with two attached hydrogens (primary N) is 1. The lowest BCUT2D eigenvalue weighted by Crippen LogP contribution is -2.14. The van der Waals surface area contributed by atoms with Gasteiger partial charge in [-0.15, -0.1) is 0 Å². The van der Waals surface area contributed by atoms with Gasteiger partial charge >= 0.3 is 5.97 Å². The zero-order valence-corrected chi connectivity index (χ0v) is 12.6. The SMILES string of the molecule is CCCCC(CC)COC(=O)c1ccc(N)cc1OC. The lowest BCUT2D eigenvalue weighted by atomic mass is 10.0. The van der Waals surface area contributed by atoms with Crippen molar-refractivity contribution >= 4 is 11.7 Å². The van der Waals surface area contributed by atoms with Crippen LogP contribution in [0.5, 0.6) is 5.75 Å². The van der Waals surface area contributed by atoms with Crippen molar-refractivity contribution in [2.24, 2.45) is 5.92 Å². The average Bonchev–Trinajstić information content (AvgIpc) is 2.47. The van der Waals surface area contributed by atoms with Crippen LogP contribution < -0.4 is 10.5 Å². The zero-order chi connectivity index (χ0) is 15.0. The number of hydrogen-bond donors (Lipinski definition) is 1. The van der Waals surface area contributed by atoms with Crippen molar-refractivity contribution in [2.75, 3.05) is 19.5 Å². The maximum Gasteiger partial charge on any atom is 0.341 e. The van der Waals surface area contributed by atoms with Gasteiger partial charge in [-0.1, -0.05) is 33.1 Å². The summed E-state index contributed by atoms with van der Waals surface area (Å²) in [5.74, 6) is 0.534. The van der Waals surface area contributed by atoms with Crippen molar-refractivity contribution in [2.45, 2.75) is 39.5 Å². The molecule has 0 saturated heterocycles. The number of methoxy groups -OCH3 is 1. The third-order valence-electron chi connectivity index (χ3n) is 3.44. The number of benzene rings is 1. The number of nitrogen functional groups attached to an aromatic ring is 1. The predicted molar refractivity (Wildman–Crippen MR) is 81.0 cm³/mol. The molecule has 2 N–H and O–H groups in total. The van der Waals surface area contributed by atoms with Gasteiger partial charge in [-0.05, 0) is 24.5 Å². The lowest BCUT2D eigenvalue weighted by Gasteiger charge is -2.15. The summed E-state index contributed by atoms with van der Waals surface area (Å²) in [5, 5.41) is 0. The quantitative estimate of drug-likeness (QED) is 0.583. The summed E-state index contributed by atoms with van der Waals surface area (Å²) in [4.78, 5) is 12.1. The number of carbonyl (C=O) groups is 1. The second-order valence-corrected chi connectivity index (χ2v) is 4.97. The molecule has 1 atom stereocenters. The fraction of sp³-hybridized carbons (Fsp3) is 0.562. The van der Waals surface area contributed by atoms with Gasteiger partial charge in [0.05, 0.1) is 13.7 Å². The molecule has 0 aliphatic heterocycles. The fourth-order valence-corrected chi connectivity index (χ4v) is 2.05. The Morgan fingerprint density at radius 3 is 2.70 bits per heavy atom. The molecule has 0 fully saturated rings. The molecule has 1 unspecified atom stereocenters. The smallest absolute Gasteiger partial charge is 0.341 e. The van der Waals surface area contributed by atoms with Gasteiger partial charge in [0.15, 0.2) is 0 Å². The Morgan fingerprint density at radius 2 is 2.10 bits per heavy atom. The summed E-state index contributed by atoms with van der Waals surface area (Å²) >= 11 is 0. The van der Waals surface area contributed by atoms with E-state index in [9.17, 15) is 4.79 Å². The van der Waals surface area contributed by atoms with Crippen LogP contribution in [-0.2, 0) is 4.74 Å². The van der Waals surface area contributed by atoms with E-state index in [-0.39, 0.29) is 5.97 Å². The van der Waals surface area contributed by atoms with Crippen LogP contribution in [-0.4, -0.2) is 19.7 Å². The van der Waals surface area contributed by atoms with E-state index in [1.54, 1.807) is 18.2 Å². The van der Waals surface area contributed by atoms with Crippen LogP contribution in [0.3, 0.4) is 0 Å². The molecule has 4 heteroatoms. The van der Waals surface area contributed by atoms with E-state index >= 15 is 0 Å². The van der Waals surface area contributed by atoms with E-state index in [0.29, 0.717) is 29.5 Å². The lowest BCUT2D eigenvalue weighted by molar-refractivity contribution is 0.0424. The summed E-state index contributed by atoms with van der Waals surface area (Å²) in [6.45, 7) is 4.75. The highest BCUT2D eigenvalue weighted by molar-refractivity contribution is 5.93. The Bertz CT molecular complexity index is 432. The maximum absolute atomic E-state index is 12.1. The first-order valence-electron chi connectivity index (χ1n) is 7.22. The first kappa shape index (κ1) is 16.3. The first-order chi connectivity index (χ1) is 9.62. The average molecular weight is 279 g/mol. The topological polar surface area (TPSA) is 61.5 Å². The molecular formula is C16H25NO3. The van der Waals surface area contributed by atoms with Crippen molar-refractivity contribution in [3.8, 4) is 5.75 Å². The van der Waals surface area contributed by atoms with Crippen LogP contribution in [0.2, 0.25) is 0 Å². The van der Waals surface area contributed by atoms with E-state index in [1.165, 1.54) is 13.5 Å². The highest BCUT2D eigenvalue weighted by Crippen LogP contribution is 2.23. The van der Waals surface area contributed by atoms with Crippen molar-refractivity contribution in [3.05, 3.63) is 23.8 Å². The molecule has 0 bridgehead atoms. The zero-order valence-electron chi connectivity index (χ0n) is 12.6. The summed E-state index contributed by atoms with van der Waals surface area (Å²) in [7, 11) is 1.52. The number of esters is 1. The minimum absolute atomic E-state index is 0.350. The molecule has 0 radical (unpaired) electrons. The first-order valence-corrected chi connectivity index (χ1v) is 7.22. The number of rotatable bonds is 8. The Morgan fingerprint density at radius 1 is 1.35 bits per heavy atom. The van der Waals surface area contributed by atoms with Crippen molar-refractivity contribution in [1.29, 1.82) is 0 Å². The number of hydrogen-bond acceptors (Lipinski definition) is 4. The molecule has 0 spiro atoms. The van der Waals surface area contributed by atoms with E-state index in [4.69, 9.17) is 15.2 Å². The summed E-state index contributed by atoms with van der Waals surface area (Å²) < 4.78 is 10.6. The van der Waals surface area contributed by atoms with Gasteiger partial charge in [0, 0.05) is 11.8 Å². The summed E-state index contributed by atoms with van der Waals surface area (Å²) in [5.41, 5.74) is 6.66. The number of anilines is 1. The minimum Gasteiger partial charge on any atom is -0.496 e. The van der Waals surface area contributed by atoms with Crippen molar-refractivity contribution in [3.63, 3.8) is 0 Å². The molecule has 0 aliphatic rings. The predicted octanol–water partition coefficient (Wildman–Crippen LogP) is 3.65. The molecule has 0 saturated carbocycles. The minimum atomic E-state index is -0.350. The molecule has 4 nitrogen and oxygen atoms in total. The fourth-order valence-electron chi connectivity index (χ4n) is 2.05. The molecule has 0 heterocycles. The Hall–Kier alpha value is -1.71. The number of carbonyl (C=O) groups excluding carboxylic acids is 1. The third-order valence-corrected chi connectivity index (χ3v) is 3.44. The van der Waals surface area contributed by atoms with Gasteiger partial charge in [0.1, 0.15) is 11.3 Å². The van der Waals surface area contributed by atoms with Gasteiger partial charge in [-0.3, -0.25) is 0 Å². The molecule has 1 aromatic carbocycles. The molecule has 112 valence electrons. The Labute approximate surface area is 121 Å².